The largest absolute Gasteiger partial charge is 0.494 e. The van der Waals surface area contributed by atoms with Crippen LogP contribution >= 0.6 is 11.8 Å². The molecule has 4 aromatic rings. The number of thioether (sulfide) groups is 1. The number of hydrogen-bond acceptors (Lipinski definition) is 7. The molecule has 9 heteroatoms. The van der Waals surface area contributed by atoms with Gasteiger partial charge in [0.15, 0.2) is 0 Å². The van der Waals surface area contributed by atoms with Crippen LogP contribution < -0.4 is 4.74 Å². The van der Waals surface area contributed by atoms with Crippen molar-refractivity contribution in [2.45, 2.75) is 11.6 Å². The van der Waals surface area contributed by atoms with Crippen molar-refractivity contribution in [3.8, 4) is 17.2 Å². The van der Waals surface area contributed by atoms with E-state index >= 15 is 0 Å². The van der Waals surface area contributed by atoms with Crippen molar-refractivity contribution < 1.29 is 14.1 Å². The maximum absolute atomic E-state index is 10.6. The second kappa shape index (κ2) is 8.13. The first-order valence-corrected chi connectivity index (χ1v) is 9.59. The Morgan fingerprint density at radius 2 is 1.96 bits per heavy atom. The molecule has 0 spiro atoms. The molecule has 28 heavy (non-hydrogen) atoms. The van der Waals surface area contributed by atoms with E-state index in [1.165, 1.54) is 23.9 Å². The highest BCUT2D eigenvalue weighted by Crippen LogP contribution is 2.29. The average Bonchev–Trinajstić information content (AvgIpc) is 3.34. The minimum atomic E-state index is -0.435. The van der Waals surface area contributed by atoms with Gasteiger partial charge in [-0.05, 0) is 24.6 Å². The fourth-order valence-electron chi connectivity index (χ4n) is 2.70. The lowest BCUT2D eigenvalue weighted by Crippen LogP contribution is -1.98. The van der Waals surface area contributed by atoms with Gasteiger partial charge in [0.2, 0.25) is 0 Å². The number of fused-ring (bicyclic) bond motifs is 1. The zero-order valence-electron chi connectivity index (χ0n) is 14.7. The number of aromatic amines is 1. The van der Waals surface area contributed by atoms with Gasteiger partial charge in [-0.1, -0.05) is 30.0 Å². The highest BCUT2D eigenvalue weighted by Gasteiger charge is 2.13. The third-order valence-electron chi connectivity index (χ3n) is 4.06. The summed E-state index contributed by atoms with van der Waals surface area (Å²) >= 11 is 1.47. The molecule has 0 atom stereocenters. The molecule has 0 aliphatic rings. The van der Waals surface area contributed by atoms with E-state index < -0.39 is 4.92 Å². The number of nitrogens with zero attached hydrogens (tertiary/aromatic N) is 3. The van der Waals surface area contributed by atoms with E-state index in [0.717, 1.165) is 28.6 Å². The quantitative estimate of drug-likeness (QED) is 0.199. The Labute approximate surface area is 164 Å². The Kier molecular flexibility index (Phi) is 5.24. The summed E-state index contributed by atoms with van der Waals surface area (Å²) in [6.45, 7) is 0.494. The van der Waals surface area contributed by atoms with Crippen molar-refractivity contribution in [1.82, 2.24) is 15.2 Å². The summed E-state index contributed by atoms with van der Waals surface area (Å²) in [5.74, 6) is 1.85. The van der Waals surface area contributed by atoms with Crippen LogP contribution in [0.5, 0.6) is 5.75 Å². The molecule has 2 aromatic carbocycles. The van der Waals surface area contributed by atoms with Gasteiger partial charge in [0.25, 0.3) is 16.8 Å². The van der Waals surface area contributed by atoms with E-state index in [2.05, 4.69) is 15.2 Å². The molecule has 0 saturated heterocycles. The van der Waals surface area contributed by atoms with Crippen LogP contribution in [0.3, 0.4) is 0 Å². The maximum Gasteiger partial charge on any atom is 0.276 e. The number of H-pyrrole nitrogens is 1. The van der Waals surface area contributed by atoms with Gasteiger partial charge in [0, 0.05) is 35.0 Å². The van der Waals surface area contributed by atoms with E-state index in [1.807, 2.05) is 30.5 Å². The first kappa shape index (κ1) is 18.1. The molecule has 1 N–H and O–H groups in total. The number of nitro benzene ring substituents is 1. The molecule has 0 saturated carbocycles. The van der Waals surface area contributed by atoms with Gasteiger partial charge in [-0.25, -0.2) is 0 Å². The van der Waals surface area contributed by atoms with E-state index in [0.29, 0.717) is 23.5 Å². The Morgan fingerprint density at radius 3 is 2.79 bits per heavy atom. The molecule has 0 aliphatic heterocycles. The minimum Gasteiger partial charge on any atom is -0.494 e. The van der Waals surface area contributed by atoms with Crippen molar-refractivity contribution >= 4 is 28.4 Å². The summed E-state index contributed by atoms with van der Waals surface area (Å²) in [6, 6.07) is 14.0. The number of rotatable bonds is 8. The zero-order valence-corrected chi connectivity index (χ0v) is 15.5. The van der Waals surface area contributed by atoms with Crippen LogP contribution in [0.15, 0.2) is 64.4 Å². The lowest BCUT2D eigenvalue weighted by Gasteiger charge is -2.04. The predicted octanol–water partition coefficient (Wildman–Crippen LogP) is 4.69. The minimum absolute atomic E-state index is 0.0466. The first-order valence-electron chi connectivity index (χ1n) is 8.61. The molecular formula is C19H16N4O4S. The molecule has 142 valence electrons. The first-order chi connectivity index (χ1) is 13.7. The van der Waals surface area contributed by atoms with Gasteiger partial charge < -0.3 is 14.1 Å². The molecule has 0 bridgehead atoms. The molecule has 0 radical (unpaired) electrons. The molecule has 2 heterocycles. The van der Waals surface area contributed by atoms with Crippen molar-refractivity contribution in [2.75, 3.05) is 12.4 Å². The molecule has 0 fully saturated rings. The number of non-ortho nitro benzene ring substituents is 1. The normalized spacial score (nSPS) is 11.0. The second-order valence-corrected chi connectivity index (χ2v) is 6.97. The molecule has 2 aromatic heterocycles. The topological polar surface area (TPSA) is 107 Å². The molecule has 4 rings (SSSR count). The van der Waals surface area contributed by atoms with E-state index in [-0.39, 0.29) is 5.69 Å². The number of benzene rings is 2. The van der Waals surface area contributed by atoms with Gasteiger partial charge in [-0.2, -0.15) is 0 Å². The van der Waals surface area contributed by atoms with Gasteiger partial charge in [-0.3, -0.25) is 10.1 Å². The highest BCUT2D eigenvalue weighted by molar-refractivity contribution is 7.99. The number of nitro groups is 1. The maximum atomic E-state index is 10.6. The third-order valence-corrected chi connectivity index (χ3v) is 4.96. The van der Waals surface area contributed by atoms with Crippen LogP contribution in [-0.4, -0.2) is 32.5 Å². The smallest absolute Gasteiger partial charge is 0.276 e. The van der Waals surface area contributed by atoms with Gasteiger partial charge >= 0.3 is 0 Å². The lowest BCUT2D eigenvalue weighted by atomic mass is 10.2. The van der Waals surface area contributed by atoms with Gasteiger partial charge in [0.1, 0.15) is 5.75 Å². The van der Waals surface area contributed by atoms with Crippen LogP contribution in [0.25, 0.3) is 22.4 Å². The number of aromatic nitrogens is 3. The third kappa shape index (κ3) is 3.99. The van der Waals surface area contributed by atoms with Crippen LogP contribution in [0.1, 0.15) is 6.42 Å². The molecular weight excluding hydrogens is 380 g/mol. The second-order valence-electron chi connectivity index (χ2n) is 5.92. The molecule has 0 unspecified atom stereocenters. The molecule has 8 nitrogen and oxygen atoms in total. The SMILES string of the molecule is O=[N+]([O-])c1ccc(OCCCSc2nnc(-c3c[nH]c4ccccc34)o2)cc1. The Balaban J connectivity index is 1.26. The Morgan fingerprint density at radius 1 is 1.14 bits per heavy atom. The van der Waals surface area contributed by atoms with E-state index in [9.17, 15) is 10.1 Å². The number of hydrogen-bond donors (Lipinski definition) is 1. The number of ether oxygens (including phenoxy) is 1. The molecule has 0 amide bonds. The van der Waals surface area contributed by atoms with Crippen LogP contribution in [-0.2, 0) is 0 Å². The van der Waals surface area contributed by atoms with Crippen LogP contribution in [0.2, 0.25) is 0 Å². The van der Waals surface area contributed by atoms with Gasteiger partial charge in [-0.15, -0.1) is 10.2 Å². The van der Waals surface area contributed by atoms with E-state index in [4.69, 9.17) is 9.15 Å². The summed E-state index contributed by atoms with van der Waals surface area (Å²) in [7, 11) is 0. The van der Waals surface area contributed by atoms with Crippen molar-refractivity contribution in [2.24, 2.45) is 0 Å². The Hall–Kier alpha value is -3.33. The van der Waals surface area contributed by atoms with Crippen LogP contribution in [0, 0.1) is 10.1 Å². The van der Waals surface area contributed by atoms with E-state index in [1.54, 1.807) is 12.1 Å². The predicted molar refractivity (Wildman–Crippen MR) is 106 cm³/mol. The molecule has 0 aliphatic carbocycles. The monoisotopic (exact) mass is 396 g/mol. The number of para-hydroxylation sites is 1. The average molecular weight is 396 g/mol. The van der Waals surface area contributed by atoms with Gasteiger partial charge in [0.05, 0.1) is 17.1 Å². The fraction of sp³-hybridized carbons (Fsp3) is 0.158. The zero-order chi connectivity index (χ0) is 19.3. The summed E-state index contributed by atoms with van der Waals surface area (Å²) in [5.41, 5.74) is 1.95. The lowest BCUT2D eigenvalue weighted by molar-refractivity contribution is -0.384. The van der Waals surface area contributed by atoms with Crippen molar-refractivity contribution in [1.29, 1.82) is 0 Å². The standard InChI is InChI=1S/C19H16N4O4S/c24-23(25)13-6-8-14(9-7-13)26-10-3-11-28-19-22-21-18(27-19)16-12-20-17-5-2-1-4-15(16)17/h1-2,4-9,12,20H,3,10-11H2. The summed E-state index contributed by atoms with van der Waals surface area (Å²) in [5, 5.41) is 20.4. The highest BCUT2D eigenvalue weighted by atomic mass is 32.2. The van der Waals surface area contributed by atoms with Crippen molar-refractivity contribution in [3.63, 3.8) is 0 Å². The van der Waals surface area contributed by atoms with Crippen molar-refractivity contribution in [3.05, 3.63) is 64.8 Å². The fourth-order valence-corrected chi connectivity index (χ4v) is 3.37. The summed E-state index contributed by atoms with van der Waals surface area (Å²) in [4.78, 5) is 13.4. The number of nitrogens with one attached hydrogen (secondary N) is 1. The summed E-state index contributed by atoms with van der Waals surface area (Å²) in [6.07, 6.45) is 2.64. The van der Waals surface area contributed by atoms with Crippen LogP contribution in [0.4, 0.5) is 5.69 Å². The summed E-state index contributed by atoms with van der Waals surface area (Å²) < 4.78 is 11.3. The Bertz CT molecular complexity index is 1090.